The fraction of sp³-hybridized carbons (Fsp3) is 0.0526. The van der Waals surface area contributed by atoms with E-state index in [1.165, 1.54) is 24.3 Å². The first-order chi connectivity index (χ1) is 13.0. The number of ether oxygens (including phenoxy) is 1. The van der Waals surface area contributed by atoms with Crippen LogP contribution in [-0.2, 0) is 10.1 Å². The average Bonchev–Trinajstić information content (AvgIpc) is 3.03. The molecule has 0 saturated heterocycles. The average molecular weight is 382 g/mol. The van der Waals surface area contributed by atoms with Crippen LogP contribution in [0.5, 0.6) is 17.4 Å². The molecule has 2 aromatic carbocycles. The summed E-state index contributed by atoms with van der Waals surface area (Å²) in [4.78, 5) is 8.19. The second-order valence-electron chi connectivity index (χ2n) is 5.64. The van der Waals surface area contributed by atoms with Crippen LogP contribution in [-0.4, -0.2) is 18.4 Å². The zero-order valence-corrected chi connectivity index (χ0v) is 15.0. The molecule has 136 valence electrons. The van der Waals surface area contributed by atoms with Crippen molar-refractivity contribution >= 4 is 21.2 Å². The van der Waals surface area contributed by atoms with E-state index < -0.39 is 10.1 Å². The Morgan fingerprint density at radius 1 is 0.963 bits per heavy atom. The zero-order valence-electron chi connectivity index (χ0n) is 14.2. The van der Waals surface area contributed by atoms with Crippen LogP contribution in [0.3, 0.4) is 0 Å². The summed E-state index contributed by atoms with van der Waals surface area (Å²) in [5, 5.41) is 0. The van der Waals surface area contributed by atoms with Gasteiger partial charge in [0.15, 0.2) is 11.5 Å². The summed E-state index contributed by atoms with van der Waals surface area (Å²) >= 11 is 0. The van der Waals surface area contributed by atoms with E-state index >= 15 is 0 Å². The molecule has 27 heavy (non-hydrogen) atoms. The molecule has 0 aliphatic rings. The highest BCUT2D eigenvalue weighted by Gasteiger charge is 2.18. The molecule has 0 unspecified atom stereocenters. The molecule has 0 spiro atoms. The second-order valence-corrected chi connectivity index (χ2v) is 7.19. The number of fused-ring (bicyclic) bond motifs is 1. The summed E-state index contributed by atoms with van der Waals surface area (Å²) in [5.41, 5.74) is 0.971. The Bertz CT molecular complexity index is 1190. The molecule has 2 heterocycles. The van der Waals surface area contributed by atoms with E-state index in [0.29, 0.717) is 28.6 Å². The lowest BCUT2D eigenvalue weighted by molar-refractivity contribution is 0.459. The van der Waals surface area contributed by atoms with Gasteiger partial charge in [0, 0.05) is 25.3 Å². The van der Waals surface area contributed by atoms with Gasteiger partial charge in [0.25, 0.3) is 0 Å². The van der Waals surface area contributed by atoms with Gasteiger partial charge in [0.1, 0.15) is 21.9 Å². The first kappa shape index (κ1) is 17.0. The van der Waals surface area contributed by atoms with Gasteiger partial charge in [-0.05, 0) is 42.5 Å². The van der Waals surface area contributed by atoms with Crippen molar-refractivity contribution in [2.75, 3.05) is 0 Å². The molecule has 0 saturated carbocycles. The van der Waals surface area contributed by atoms with E-state index in [0.717, 1.165) is 0 Å². The summed E-state index contributed by atoms with van der Waals surface area (Å²) in [6.07, 6.45) is 1.62. The number of pyridine rings is 1. The van der Waals surface area contributed by atoms with Crippen LogP contribution < -0.4 is 8.92 Å². The molecule has 0 N–H and O–H groups in total. The molecular formula is C19H14N2O5S. The number of nitrogens with zero attached hydrogens (tertiary/aromatic N) is 2. The molecule has 7 nitrogen and oxygen atoms in total. The van der Waals surface area contributed by atoms with Gasteiger partial charge in [-0.1, -0.05) is 6.07 Å². The lowest BCUT2D eigenvalue weighted by Gasteiger charge is -2.08. The number of hydrogen-bond donors (Lipinski definition) is 0. The van der Waals surface area contributed by atoms with Crippen LogP contribution in [0.15, 0.2) is 76.2 Å². The van der Waals surface area contributed by atoms with Crippen molar-refractivity contribution in [1.29, 1.82) is 0 Å². The van der Waals surface area contributed by atoms with Gasteiger partial charge in [-0.3, -0.25) is 0 Å². The van der Waals surface area contributed by atoms with Crippen LogP contribution in [0.25, 0.3) is 11.1 Å². The predicted octanol–water partition coefficient (Wildman–Crippen LogP) is 4.09. The van der Waals surface area contributed by atoms with Crippen molar-refractivity contribution in [2.24, 2.45) is 0 Å². The fourth-order valence-electron chi connectivity index (χ4n) is 2.44. The van der Waals surface area contributed by atoms with Crippen molar-refractivity contribution in [1.82, 2.24) is 9.97 Å². The van der Waals surface area contributed by atoms with Crippen molar-refractivity contribution in [3.05, 3.63) is 72.8 Å². The van der Waals surface area contributed by atoms with Crippen LogP contribution in [0.2, 0.25) is 0 Å². The van der Waals surface area contributed by atoms with Gasteiger partial charge < -0.3 is 13.3 Å². The van der Waals surface area contributed by atoms with E-state index in [1.54, 1.807) is 49.5 Å². The number of hydrogen-bond acceptors (Lipinski definition) is 7. The first-order valence-corrected chi connectivity index (χ1v) is 9.41. The number of oxazole rings is 1. The van der Waals surface area contributed by atoms with E-state index in [1.807, 2.05) is 0 Å². The normalized spacial score (nSPS) is 11.4. The molecular weight excluding hydrogens is 368 g/mol. The van der Waals surface area contributed by atoms with Gasteiger partial charge in [-0.2, -0.15) is 8.42 Å². The number of rotatable bonds is 5. The molecule has 4 rings (SSSR count). The second kappa shape index (κ2) is 6.73. The summed E-state index contributed by atoms with van der Waals surface area (Å²) in [6, 6.07) is 15.9. The lowest BCUT2D eigenvalue weighted by Crippen LogP contribution is -2.09. The zero-order chi connectivity index (χ0) is 18.9. The van der Waals surface area contributed by atoms with Crippen LogP contribution in [0.1, 0.15) is 5.89 Å². The van der Waals surface area contributed by atoms with Gasteiger partial charge in [-0.25, -0.2) is 9.97 Å². The van der Waals surface area contributed by atoms with Gasteiger partial charge in [0.2, 0.25) is 5.88 Å². The molecule has 0 atom stereocenters. The standard InChI is InChI=1S/C19H14N2O5S/c1-13-21-17-10-9-16(12-18(17)24-13)27(22,23)26-15-7-5-14(6-8-15)25-19-4-2-3-11-20-19/h2-12H,1H3. The van der Waals surface area contributed by atoms with Crippen molar-refractivity contribution in [3.63, 3.8) is 0 Å². The molecule has 0 fully saturated rings. The lowest BCUT2D eigenvalue weighted by atomic mass is 10.3. The maximum absolute atomic E-state index is 12.5. The Balaban J connectivity index is 1.53. The van der Waals surface area contributed by atoms with Crippen molar-refractivity contribution in [2.45, 2.75) is 11.8 Å². The van der Waals surface area contributed by atoms with Crippen LogP contribution >= 0.6 is 0 Å². The SMILES string of the molecule is Cc1nc2ccc(S(=O)(=O)Oc3ccc(Oc4ccccn4)cc3)cc2o1. The Labute approximate surface area is 155 Å². The largest absolute Gasteiger partial charge is 0.441 e. The minimum absolute atomic E-state index is 0.0139. The molecule has 0 radical (unpaired) electrons. The maximum atomic E-state index is 12.5. The molecule has 4 aromatic rings. The highest BCUT2D eigenvalue weighted by molar-refractivity contribution is 7.87. The van der Waals surface area contributed by atoms with Crippen LogP contribution in [0.4, 0.5) is 0 Å². The maximum Gasteiger partial charge on any atom is 0.339 e. The van der Waals surface area contributed by atoms with Crippen LogP contribution in [0, 0.1) is 6.92 Å². The summed E-state index contributed by atoms with van der Waals surface area (Å²) < 4.78 is 41.1. The topological polar surface area (TPSA) is 91.5 Å². The highest BCUT2D eigenvalue weighted by atomic mass is 32.2. The molecule has 0 aliphatic heterocycles. The number of aromatic nitrogens is 2. The third-order valence-electron chi connectivity index (χ3n) is 3.65. The van der Waals surface area contributed by atoms with E-state index in [-0.39, 0.29) is 10.6 Å². The van der Waals surface area contributed by atoms with E-state index in [9.17, 15) is 8.42 Å². The Morgan fingerprint density at radius 2 is 1.74 bits per heavy atom. The predicted molar refractivity (Wildman–Crippen MR) is 97.3 cm³/mol. The quantitative estimate of drug-likeness (QED) is 0.480. The Kier molecular flexibility index (Phi) is 4.25. The van der Waals surface area contributed by atoms with E-state index in [2.05, 4.69) is 9.97 Å². The molecule has 0 bridgehead atoms. The van der Waals surface area contributed by atoms with Crippen molar-refractivity contribution < 1.29 is 21.8 Å². The molecule has 0 amide bonds. The smallest absolute Gasteiger partial charge is 0.339 e. The van der Waals surface area contributed by atoms with Gasteiger partial charge in [0.05, 0.1) is 0 Å². The highest BCUT2D eigenvalue weighted by Crippen LogP contribution is 2.26. The first-order valence-electron chi connectivity index (χ1n) is 8.00. The minimum atomic E-state index is -4.01. The Morgan fingerprint density at radius 3 is 2.48 bits per heavy atom. The van der Waals surface area contributed by atoms with Gasteiger partial charge >= 0.3 is 10.1 Å². The minimum Gasteiger partial charge on any atom is -0.441 e. The third-order valence-corrected chi connectivity index (χ3v) is 4.89. The molecule has 0 aliphatic carbocycles. The summed E-state index contributed by atoms with van der Waals surface area (Å²) in [5.74, 6) is 1.58. The summed E-state index contributed by atoms with van der Waals surface area (Å²) in [6.45, 7) is 1.69. The third kappa shape index (κ3) is 3.75. The molecule has 8 heteroatoms. The van der Waals surface area contributed by atoms with Crippen molar-refractivity contribution in [3.8, 4) is 17.4 Å². The summed E-state index contributed by atoms with van der Waals surface area (Å²) in [7, 11) is -4.01. The molecule has 2 aromatic heterocycles. The number of benzene rings is 2. The van der Waals surface area contributed by atoms with Gasteiger partial charge in [-0.15, -0.1) is 0 Å². The fourth-order valence-corrected chi connectivity index (χ4v) is 3.39. The number of aryl methyl sites for hydroxylation is 1. The Hall–Kier alpha value is -3.39. The monoisotopic (exact) mass is 382 g/mol. The van der Waals surface area contributed by atoms with E-state index in [4.69, 9.17) is 13.3 Å².